The van der Waals surface area contributed by atoms with Crippen molar-refractivity contribution in [2.75, 3.05) is 13.2 Å². The molecule has 0 bridgehead atoms. The van der Waals surface area contributed by atoms with Gasteiger partial charge in [0.2, 0.25) is 0 Å². The van der Waals surface area contributed by atoms with Crippen LogP contribution in [0.25, 0.3) is 0 Å². The standard InChI is InChI=1S/C17H22N4O2/c1-12-17(13(2)20(3)19-12)15-7-5-9-21(15)16(22)11-23-14-6-4-8-18-10-14/h4,6,8,10,15H,5,7,9,11H2,1-3H3/t15-/m0/s1. The minimum absolute atomic E-state index is 0.0130. The van der Waals surface area contributed by atoms with Gasteiger partial charge in [0.1, 0.15) is 5.75 Å². The highest BCUT2D eigenvalue weighted by Crippen LogP contribution is 2.35. The second-order valence-electron chi connectivity index (χ2n) is 5.93. The number of ether oxygens (including phenoxy) is 1. The number of aromatic nitrogens is 3. The highest BCUT2D eigenvalue weighted by atomic mass is 16.5. The molecule has 2 aromatic rings. The van der Waals surface area contributed by atoms with Gasteiger partial charge in [0.15, 0.2) is 6.61 Å². The zero-order valence-electron chi connectivity index (χ0n) is 13.8. The monoisotopic (exact) mass is 314 g/mol. The molecule has 0 aliphatic carbocycles. The van der Waals surface area contributed by atoms with Crippen molar-refractivity contribution in [3.8, 4) is 5.75 Å². The topological polar surface area (TPSA) is 60.2 Å². The van der Waals surface area contributed by atoms with Gasteiger partial charge in [-0.15, -0.1) is 0 Å². The molecule has 3 rings (SSSR count). The SMILES string of the molecule is Cc1nn(C)c(C)c1[C@@H]1CCCN1C(=O)COc1cccnc1. The van der Waals surface area contributed by atoms with Gasteiger partial charge in [-0.05, 0) is 38.8 Å². The van der Waals surface area contributed by atoms with Crippen molar-refractivity contribution in [2.45, 2.75) is 32.7 Å². The Hall–Kier alpha value is -2.37. The van der Waals surface area contributed by atoms with Crippen molar-refractivity contribution in [1.82, 2.24) is 19.7 Å². The molecule has 6 nitrogen and oxygen atoms in total. The molecule has 2 aromatic heterocycles. The van der Waals surface area contributed by atoms with Crippen molar-refractivity contribution in [1.29, 1.82) is 0 Å². The number of carbonyl (C=O) groups is 1. The highest BCUT2D eigenvalue weighted by Gasteiger charge is 2.33. The zero-order chi connectivity index (χ0) is 16.4. The maximum atomic E-state index is 12.6. The Balaban J connectivity index is 1.72. The van der Waals surface area contributed by atoms with Gasteiger partial charge in [0, 0.05) is 31.0 Å². The molecule has 1 amide bonds. The number of carbonyl (C=O) groups excluding carboxylic acids is 1. The van der Waals surface area contributed by atoms with Crippen LogP contribution < -0.4 is 4.74 Å². The Kier molecular flexibility index (Phi) is 4.32. The van der Waals surface area contributed by atoms with Gasteiger partial charge < -0.3 is 9.64 Å². The summed E-state index contributed by atoms with van der Waals surface area (Å²) in [4.78, 5) is 18.5. The Bertz CT molecular complexity index is 696. The molecule has 6 heteroatoms. The summed E-state index contributed by atoms with van der Waals surface area (Å²) in [6.45, 7) is 4.88. The van der Waals surface area contributed by atoms with Gasteiger partial charge in [-0.2, -0.15) is 5.10 Å². The molecule has 23 heavy (non-hydrogen) atoms. The third-order valence-corrected chi connectivity index (χ3v) is 4.47. The highest BCUT2D eigenvalue weighted by molar-refractivity contribution is 5.78. The molecule has 3 heterocycles. The predicted octanol–water partition coefficient (Wildman–Crippen LogP) is 2.17. The first kappa shape index (κ1) is 15.5. The first-order chi connectivity index (χ1) is 11.1. The number of hydrogen-bond donors (Lipinski definition) is 0. The van der Waals surface area contributed by atoms with E-state index in [4.69, 9.17) is 4.74 Å². The van der Waals surface area contributed by atoms with E-state index in [0.717, 1.165) is 30.8 Å². The molecule has 0 saturated carbocycles. The number of likely N-dealkylation sites (tertiary alicyclic amines) is 1. The number of hydrogen-bond acceptors (Lipinski definition) is 4. The van der Waals surface area contributed by atoms with Crippen LogP contribution in [0, 0.1) is 13.8 Å². The van der Waals surface area contributed by atoms with E-state index in [0.29, 0.717) is 5.75 Å². The van der Waals surface area contributed by atoms with E-state index in [9.17, 15) is 4.79 Å². The molecule has 1 aliphatic rings. The minimum Gasteiger partial charge on any atom is -0.482 e. The Morgan fingerprint density at radius 1 is 1.43 bits per heavy atom. The second-order valence-corrected chi connectivity index (χ2v) is 5.93. The third-order valence-electron chi connectivity index (χ3n) is 4.47. The zero-order valence-corrected chi connectivity index (χ0v) is 13.8. The second kappa shape index (κ2) is 6.40. The molecule has 0 radical (unpaired) electrons. The minimum atomic E-state index is 0.0130. The first-order valence-electron chi connectivity index (χ1n) is 7.90. The molecule has 1 fully saturated rings. The van der Waals surface area contributed by atoms with Crippen LogP contribution in [0.4, 0.5) is 0 Å². The fourth-order valence-electron chi connectivity index (χ4n) is 3.30. The summed E-state index contributed by atoms with van der Waals surface area (Å²) in [7, 11) is 1.94. The summed E-state index contributed by atoms with van der Waals surface area (Å²) in [6, 6.07) is 3.70. The maximum Gasteiger partial charge on any atom is 0.261 e. The van der Waals surface area contributed by atoms with Crippen LogP contribution in [0.15, 0.2) is 24.5 Å². The van der Waals surface area contributed by atoms with E-state index >= 15 is 0 Å². The van der Waals surface area contributed by atoms with Gasteiger partial charge in [-0.3, -0.25) is 14.5 Å². The van der Waals surface area contributed by atoms with Gasteiger partial charge in [-0.1, -0.05) is 0 Å². The quantitative estimate of drug-likeness (QED) is 0.868. The van der Waals surface area contributed by atoms with E-state index < -0.39 is 0 Å². The van der Waals surface area contributed by atoms with Gasteiger partial charge in [0.25, 0.3) is 5.91 Å². The van der Waals surface area contributed by atoms with Crippen LogP contribution in [-0.2, 0) is 11.8 Å². The fourth-order valence-corrected chi connectivity index (χ4v) is 3.30. The Morgan fingerprint density at radius 2 is 2.26 bits per heavy atom. The van der Waals surface area contributed by atoms with Crippen LogP contribution in [0.2, 0.25) is 0 Å². The van der Waals surface area contributed by atoms with Crippen molar-refractivity contribution in [3.05, 3.63) is 41.5 Å². The number of amides is 1. The third kappa shape index (κ3) is 3.06. The average molecular weight is 314 g/mol. The predicted molar refractivity (Wildman–Crippen MR) is 86.1 cm³/mol. The Morgan fingerprint density at radius 3 is 2.91 bits per heavy atom. The van der Waals surface area contributed by atoms with E-state index in [-0.39, 0.29) is 18.6 Å². The van der Waals surface area contributed by atoms with E-state index in [1.54, 1.807) is 24.5 Å². The summed E-state index contributed by atoms with van der Waals surface area (Å²) >= 11 is 0. The van der Waals surface area contributed by atoms with Crippen LogP contribution >= 0.6 is 0 Å². The summed E-state index contributed by atoms with van der Waals surface area (Å²) in [5, 5.41) is 4.48. The lowest BCUT2D eigenvalue weighted by Gasteiger charge is -2.25. The summed E-state index contributed by atoms with van der Waals surface area (Å²) in [5.41, 5.74) is 3.31. The molecule has 0 aromatic carbocycles. The molecule has 0 spiro atoms. The molecular formula is C17H22N4O2. The van der Waals surface area contributed by atoms with Gasteiger partial charge in [0.05, 0.1) is 17.9 Å². The number of aryl methyl sites for hydroxylation is 2. The van der Waals surface area contributed by atoms with Crippen molar-refractivity contribution >= 4 is 5.91 Å². The van der Waals surface area contributed by atoms with Gasteiger partial charge in [-0.25, -0.2) is 0 Å². The lowest BCUT2D eigenvalue weighted by atomic mass is 10.0. The molecule has 1 atom stereocenters. The van der Waals surface area contributed by atoms with Crippen LogP contribution in [-0.4, -0.2) is 38.7 Å². The number of nitrogens with zero attached hydrogens (tertiary/aromatic N) is 4. The van der Waals surface area contributed by atoms with Crippen LogP contribution in [0.5, 0.6) is 5.75 Å². The van der Waals surface area contributed by atoms with E-state index in [1.807, 2.05) is 23.6 Å². The number of pyridine rings is 1. The van der Waals surface area contributed by atoms with Crippen LogP contribution in [0.1, 0.15) is 35.8 Å². The van der Waals surface area contributed by atoms with E-state index in [1.165, 1.54) is 5.56 Å². The van der Waals surface area contributed by atoms with Crippen molar-refractivity contribution < 1.29 is 9.53 Å². The van der Waals surface area contributed by atoms with Crippen LogP contribution in [0.3, 0.4) is 0 Å². The normalized spacial score (nSPS) is 17.5. The average Bonchev–Trinajstić information content (AvgIpc) is 3.11. The molecule has 1 aliphatic heterocycles. The summed E-state index contributed by atoms with van der Waals surface area (Å²) in [5.74, 6) is 0.629. The van der Waals surface area contributed by atoms with Gasteiger partial charge >= 0.3 is 0 Å². The molecule has 122 valence electrons. The fraction of sp³-hybridized carbons (Fsp3) is 0.471. The maximum absolute atomic E-state index is 12.6. The molecule has 0 unspecified atom stereocenters. The first-order valence-corrected chi connectivity index (χ1v) is 7.90. The molecular weight excluding hydrogens is 292 g/mol. The summed E-state index contributed by atoms with van der Waals surface area (Å²) < 4.78 is 7.44. The van der Waals surface area contributed by atoms with Crippen molar-refractivity contribution in [2.24, 2.45) is 7.05 Å². The lowest BCUT2D eigenvalue weighted by Crippen LogP contribution is -2.34. The number of rotatable bonds is 4. The van der Waals surface area contributed by atoms with E-state index in [2.05, 4.69) is 17.0 Å². The molecule has 1 saturated heterocycles. The Labute approximate surface area is 136 Å². The smallest absolute Gasteiger partial charge is 0.261 e. The summed E-state index contributed by atoms with van der Waals surface area (Å²) in [6.07, 6.45) is 5.28. The largest absolute Gasteiger partial charge is 0.482 e. The molecule has 0 N–H and O–H groups in total. The van der Waals surface area contributed by atoms with Crippen molar-refractivity contribution in [3.63, 3.8) is 0 Å². The lowest BCUT2D eigenvalue weighted by molar-refractivity contribution is -0.134.